The lowest BCUT2D eigenvalue weighted by Crippen LogP contribution is -2.37. The second-order valence-corrected chi connectivity index (χ2v) is 6.31. The summed E-state index contributed by atoms with van der Waals surface area (Å²) in [5.74, 6) is 0. The number of aromatic nitrogens is 1. The van der Waals surface area contributed by atoms with Gasteiger partial charge in [-0.1, -0.05) is 30.3 Å². The fraction of sp³-hybridized carbons (Fsp3) is 0.267. The van der Waals surface area contributed by atoms with E-state index in [1.807, 2.05) is 42.5 Å². The van der Waals surface area contributed by atoms with Gasteiger partial charge in [-0.2, -0.15) is 13.1 Å². The molecule has 0 radical (unpaired) electrons. The summed E-state index contributed by atoms with van der Waals surface area (Å²) in [5, 5.41) is 3.17. The maximum Gasteiger partial charge on any atom is 0.277 e. The Bertz CT molecular complexity index is 648. The van der Waals surface area contributed by atoms with Crippen molar-refractivity contribution in [2.45, 2.75) is 13.0 Å². The third kappa shape index (κ3) is 6.21. The third-order valence-electron chi connectivity index (χ3n) is 2.95. The van der Waals surface area contributed by atoms with Gasteiger partial charge < -0.3 is 5.32 Å². The lowest BCUT2D eigenvalue weighted by atomic mass is 10.2. The molecule has 2 rings (SSSR count). The van der Waals surface area contributed by atoms with E-state index >= 15 is 0 Å². The molecule has 0 unspecified atom stereocenters. The molecular weight excluding hydrogens is 300 g/mol. The van der Waals surface area contributed by atoms with Gasteiger partial charge in [0.15, 0.2) is 0 Å². The minimum absolute atomic E-state index is 0.282. The van der Waals surface area contributed by atoms with Crippen molar-refractivity contribution in [3.05, 3.63) is 60.4 Å². The second-order valence-electron chi connectivity index (χ2n) is 4.73. The van der Waals surface area contributed by atoms with E-state index in [0.717, 1.165) is 11.3 Å². The molecule has 0 amide bonds. The molecule has 1 aromatic heterocycles. The number of hydrogen-bond donors (Lipinski definition) is 3. The van der Waals surface area contributed by atoms with Crippen LogP contribution in [0.15, 0.2) is 54.9 Å². The maximum absolute atomic E-state index is 11.8. The maximum atomic E-state index is 11.8. The average molecular weight is 320 g/mol. The number of nitrogens with one attached hydrogen (secondary N) is 3. The summed E-state index contributed by atoms with van der Waals surface area (Å²) in [5.41, 5.74) is 1.85. The quantitative estimate of drug-likeness (QED) is 0.612. The van der Waals surface area contributed by atoms with Gasteiger partial charge in [0.1, 0.15) is 0 Å². The van der Waals surface area contributed by atoms with Gasteiger partial charge in [-0.25, -0.2) is 4.72 Å². The van der Waals surface area contributed by atoms with Gasteiger partial charge in [-0.05, 0) is 24.1 Å². The van der Waals surface area contributed by atoms with Crippen LogP contribution in [-0.4, -0.2) is 26.5 Å². The van der Waals surface area contributed by atoms with Crippen LogP contribution in [0.2, 0.25) is 0 Å². The Hall–Kier alpha value is -1.96. The highest BCUT2D eigenvalue weighted by Gasteiger charge is 2.07. The van der Waals surface area contributed by atoms with Crippen molar-refractivity contribution in [1.29, 1.82) is 0 Å². The number of hydrogen-bond acceptors (Lipinski definition) is 4. The highest BCUT2D eigenvalue weighted by Crippen LogP contribution is 2.02. The van der Waals surface area contributed by atoms with Crippen LogP contribution < -0.4 is 14.8 Å². The first-order chi connectivity index (χ1) is 10.7. The van der Waals surface area contributed by atoms with Crippen molar-refractivity contribution >= 4 is 15.9 Å². The van der Waals surface area contributed by atoms with E-state index in [-0.39, 0.29) is 6.54 Å². The molecular formula is C15H20N4O2S. The minimum Gasteiger partial charge on any atom is -0.384 e. The van der Waals surface area contributed by atoms with Gasteiger partial charge in [-0.15, -0.1) is 0 Å². The Morgan fingerprint density at radius 3 is 2.50 bits per heavy atom. The number of anilines is 1. The zero-order valence-electron chi connectivity index (χ0n) is 12.2. The highest BCUT2D eigenvalue weighted by molar-refractivity contribution is 7.87. The third-order valence-corrected chi connectivity index (χ3v) is 4.05. The van der Waals surface area contributed by atoms with Gasteiger partial charge >= 0.3 is 0 Å². The molecule has 6 nitrogen and oxygen atoms in total. The van der Waals surface area contributed by atoms with Gasteiger partial charge in [0.2, 0.25) is 0 Å². The Morgan fingerprint density at radius 1 is 0.955 bits per heavy atom. The van der Waals surface area contributed by atoms with Crippen LogP contribution in [0.25, 0.3) is 0 Å². The van der Waals surface area contributed by atoms with Crippen LogP contribution in [0.5, 0.6) is 0 Å². The zero-order chi connectivity index (χ0) is 15.7. The number of pyridine rings is 1. The van der Waals surface area contributed by atoms with Crippen LogP contribution in [0.3, 0.4) is 0 Å². The van der Waals surface area contributed by atoms with Crippen molar-refractivity contribution in [3.63, 3.8) is 0 Å². The predicted octanol–water partition coefficient (Wildman–Crippen LogP) is 1.51. The van der Waals surface area contributed by atoms with Crippen LogP contribution in [0.1, 0.15) is 12.0 Å². The van der Waals surface area contributed by atoms with Gasteiger partial charge in [0.05, 0.1) is 5.69 Å². The molecule has 0 saturated carbocycles. The second kappa shape index (κ2) is 8.47. The molecule has 118 valence electrons. The predicted molar refractivity (Wildman–Crippen MR) is 87.5 cm³/mol. The molecule has 0 bridgehead atoms. The Balaban J connectivity index is 1.63. The van der Waals surface area contributed by atoms with Crippen molar-refractivity contribution in [3.8, 4) is 0 Å². The standard InChI is InChI=1S/C15H20N4O2S/c20-22(21,19-12-14-6-2-1-3-7-14)18-11-5-10-17-15-8-4-9-16-13-15/h1-4,6-9,13,17-19H,5,10-12H2. The molecule has 0 fully saturated rings. The van der Waals surface area contributed by atoms with Crippen molar-refractivity contribution < 1.29 is 8.42 Å². The summed E-state index contributed by atoms with van der Waals surface area (Å²) >= 11 is 0. The van der Waals surface area contributed by atoms with Gasteiger partial charge in [0.25, 0.3) is 10.2 Å². The molecule has 2 aromatic rings. The lowest BCUT2D eigenvalue weighted by Gasteiger charge is -2.09. The fourth-order valence-corrected chi connectivity index (χ4v) is 2.69. The molecule has 0 saturated heterocycles. The van der Waals surface area contributed by atoms with E-state index in [0.29, 0.717) is 19.5 Å². The summed E-state index contributed by atoms with van der Waals surface area (Å²) in [6.07, 6.45) is 4.12. The molecule has 7 heteroatoms. The molecule has 3 N–H and O–H groups in total. The first-order valence-corrected chi connectivity index (χ1v) is 8.56. The molecule has 1 aromatic carbocycles. The fourth-order valence-electron chi connectivity index (χ4n) is 1.82. The minimum atomic E-state index is -3.46. The molecule has 0 aliphatic carbocycles. The summed E-state index contributed by atoms with van der Waals surface area (Å²) in [6, 6.07) is 13.2. The summed E-state index contributed by atoms with van der Waals surface area (Å²) < 4.78 is 28.6. The largest absolute Gasteiger partial charge is 0.384 e. The normalized spacial score (nSPS) is 11.3. The molecule has 0 aliphatic rings. The average Bonchev–Trinajstić information content (AvgIpc) is 2.55. The number of rotatable bonds is 9. The molecule has 0 spiro atoms. The Labute approximate surface area is 131 Å². The van der Waals surface area contributed by atoms with Crippen molar-refractivity contribution in [2.24, 2.45) is 0 Å². The van der Waals surface area contributed by atoms with E-state index < -0.39 is 10.2 Å². The summed E-state index contributed by atoms with van der Waals surface area (Å²) in [4.78, 5) is 3.99. The van der Waals surface area contributed by atoms with E-state index in [4.69, 9.17) is 0 Å². The first-order valence-electron chi connectivity index (χ1n) is 7.08. The SMILES string of the molecule is O=S(=O)(NCCCNc1cccnc1)NCc1ccccc1. The van der Waals surface area contributed by atoms with Crippen molar-refractivity contribution in [1.82, 2.24) is 14.4 Å². The van der Waals surface area contributed by atoms with Crippen LogP contribution in [-0.2, 0) is 16.8 Å². The van der Waals surface area contributed by atoms with E-state index in [1.165, 1.54) is 0 Å². The van der Waals surface area contributed by atoms with Gasteiger partial charge in [-0.3, -0.25) is 4.98 Å². The Morgan fingerprint density at radius 2 is 1.77 bits per heavy atom. The van der Waals surface area contributed by atoms with E-state index in [9.17, 15) is 8.42 Å². The van der Waals surface area contributed by atoms with Gasteiger partial charge in [0, 0.05) is 32.0 Å². The van der Waals surface area contributed by atoms with E-state index in [1.54, 1.807) is 12.4 Å². The molecule has 22 heavy (non-hydrogen) atoms. The van der Waals surface area contributed by atoms with E-state index in [2.05, 4.69) is 19.7 Å². The molecule has 1 heterocycles. The monoisotopic (exact) mass is 320 g/mol. The topological polar surface area (TPSA) is 83.1 Å². The highest BCUT2D eigenvalue weighted by atomic mass is 32.2. The number of benzene rings is 1. The van der Waals surface area contributed by atoms with Crippen LogP contribution in [0.4, 0.5) is 5.69 Å². The first kappa shape index (κ1) is 16.4. The van der Waals surface area contributed by atoms with Crippen LogP contribution >= 0.6 is 0 Å². The zero-order valence-corrected chi connectivity index (χ0v) is 13.0. The Kier molecular flexibility index (Phi) is 6.32. The smallest absolute Gasteiger partial charge is 0.277 e. The molecule has 0 aliphatic heterocycles. The summed E-state index contributed by atoms with van der Waals surface area (Å²) in [6.45, 7) is 1.33. The summed E-state index contributed by atoms with van der Waals surface area (Å²) in [7, 11) is -3.46. The van der Waals surface area contributed by atoms with Crippen LogP contribution in [0, 0.1) is 0 Å². The van der Waals surface area contributed by atoms with Crippen molar-refractivity contribution in [2.75, 3.05) is 18.4 Å². The molecule has 0 atom stereocenters. The number of nitrogens with zero attached hydrogens (tertiary/aromatic N) is 1. The lowest BCUT2D eigenvalue weighted by molar-refractivity contribution is 0.564.